The molecule has 1 unspecified atom stereocenters. The predicted octanol–water partition coefficient (Wildman–Crippen LogP) is 1.26. The van der Waals surface area contributed by atoms with Gasteiger partial charge in [0.2, 0.25) is 18.2 Å². The molecule has 7 heteroatoms. The van der Waals surface area contributed by atoms with E-state index in [1.165, 1.54) is 4.90 Å². The molecule has 0 aliphatic heterocycles. The minimum atomic E-state index is -0.600. The van der Waals surface area contributed by atoms with Crippen LogP contribution < -0.4 is 10.6 Å². The van der Waals surface area contributed by atoms with E-state index < -0.39 is 6.04 Å². The predicted molar refractivity (Wildman–Crippen MR) is 93.4 cm³/mol. The molecule has 0 heterocycles. The molecule has 0 fully saturated rings. The zero-order valence-corrected chi connectivity index (χ0v) is 14.5. The van der Waals surface area contributed by atoms with Crippen molar-refractivity contribution in [2.24, 2.45) is 0 Å². The Labute approximate surface area is 141 Å². The van der Waals surface area contributed by atoms with E-state index in [1.54, 1.807) is 18.8 Å². The van der Waals surface area contributed by atoms with E-state index in [0.717, 1.165) is 11.3 Å². The van der Waals surface area contributed by atoms with E-state index in [2.05, 4.69) is 10.6 Å². The molecule has 126 valence electrons. The van der Waals surface area contributed by atoms with Gasteiger partial charge in [0.1, 0.15) is 6.04 Å². The lowest BCUT2D eigenvalue weighted by Crippen LogP contribution is -2.47. The van der Waals surface area contributed by atoms with Crippen molar-refractivity contribution in [3.05, 3.63) is 29.8 Å². The topological polar surface area (TPSA) is 78.5 Å². The summed E-state index contributed by atoms with van der Waals surface area (Å²) in [7, 11) is 1.55. The summed E-state index contributed by atoms with van der Waals surface area (Å²) in [6.07, 6.45) is 2.98. The normalized spacial score (nSPS) is 11.4. The second kappa shape index (κ2) is 9.89. The number of carbonyl (C=O) groups is 3. The first-order chi connectivity index (χ1) is 11.0. The van der Waals surface area contributed by atoms with Gasteiger partial charge in [0.25, 0.3) is 0 Å². The van der Waals surface area contributed by atoms with Gasteiger partial charge in [-0.15, -0.1) is 0 Å². The van der Waals surface area contributed by atoms with Gasteiger partial charge in [-0.25, -0.2) is 0 Å². The molecule has 0 saturated carbocycles. The Bertz CT molecular complexity index is 534. The summed E-state index contributed by atoms with van der Waals surface area (Å²) in [6.45, 7) is 1.90. The fraction of sp³-hybridized carbons (Fsp3) is 0.438. The quantitative estimate of drug-likeness (QED) is 0.665. The molecule has 0 spiro atoms. The summed E-state index contributed by atoms with van der Waals surface area (Å²) < 4.78 is 0. The van der Waals surface area contributed by atoms with Gasteiger partial charge in [0.05, 0.1) is 6.54 Å². The highest BCUT2D eigenvalue weighted by Gasteiger charge is 2.22. The van der Waals surface area contributed by atoms with E-state index >= 15 is 0 Å². The van der Waals surface area contributed by atoms with Crippen LogP contribution in [0.2, 0.25) is 0 Å². The molecular weight excluding hydrogens is 314 g/mol. The van der Waals surface area contributed by atoms with Crippen molar-refractivity contribution >= 4 is 35.7 Å². The first-order valence-corrected chi connectivity index (χ1v) is 8.67. The van der Waals surface area contributed by atoms with Gasteiger partial charge in [0, 0.05) is 12.7 Å². The summed E-state index contributed by atoms with van der Waals surface area (Å²) >= 11 is 1.60. The second-order valence-electron chi connectivity index (χ2n) is 5.23. The third-order valence-electron chi connectivity index (χ3n) is 3.27. The van der Waals surface area contributed by atoms with Crippen LogP contribution in [0, 0.1) is 6.92 Å². The number of hydrogen-bond donors (Lipinski definition) is 2. The molecule has 1 aromatic carbocycles. The number of nitrogens with one attached hydrogen (secondary N) is 2. The maximum atomic E-state index is 12.3. The van der Waals surface area contributed by atoms with Crippen molar-refractivity contribution in [1.82, 2.24) is 10.2 Å². The lowest BCUT2D eigenvalue weighted by Gasteiger charge is -2.22. The molecule has 1 rings (SSSR count). The Balaban J connectivity index is 2.56. The number of anilines is 1. The highest BCUT2D eigenvalue weighted by Crippen LogP contribution is 2.09. The fourth-order valence-electron chi connectivity index (χ4n) is 1.99. The number of hydrogen-bond acceptors (Lipinski definition) is 4. The standard InChI is InChI=1S/C16H23N3O3S/c1-12-4-6-13(7-5-12)18-15(21)10-19(2)16(22)14(17-11-20)8-9-23-3/h4-7,11,14H,8-10H2,1-3H3,(H,17,20)(H,18,21). The summed E-state index contributed by atoms with van der Waals surface area (Å²) in [5.41, 5.74) is 1.79. The van der Waals surface area contributed by atoms with Crippen LogP contribution >= 0.6 is 11.8 Å². The lowest BCUT2D eigenvalue weighted by molar-refractivity contribution is -0.136. The summed E-state index contributed by atoms with van der Waals surface area (Å²) in [6, 6.07) is 6.82. The number of aryl methyl sites for hydroxylation is 1. The van der Waals surface area contributed by atoms with E-state index in [-0.39, 0.29) is 18.4 Å². The number of rotatable bonds is 9. The van der Waals surface area contributed by atoms with Gasteiger partial charge >= 0.3 is 0 Å². The van der Waals surface area contributed by atoms with E-state index in [4.69, 9.17) is 0 Å². The van der Waals surface area contributed by atoms with Gasteiger partial charge in [-0.3, -0.25) is 14.4 Å². The molecule has 1 atom stereocenters. The Morgan fingerprint density at radius 1 is 1.30 bits per heavy atom. The number of nitrogens with zero attached hydrogens (tertiary/aromatic N) is 1. The van der Waals surface area contributed by atoms with E-state index in [9.17, 15) is 14.4 Å². The molecule has 0 radical (unpaired) electrons. The highest BCUT2D eigenvalue weighted by molar-refractivity contribution is 7.98. The number of amides is 3. The van der Waals surface area contributed by atoms with Gasteiger partial charge in [-0.2, -0.15) is 11.8 Å². The van der Waals surface area contributed by atoms with Crippen molar-refractivity contribution in [2.75, 3.05) is 30.9 Å². The largest absolute Gasteiger partial charge is 0.347 e. The molecule has 0 saturated heterocycles. The Kier molecular flexibility index (Phi) is 8.18. The van der Waals surface area contributed by atoms with Gasteiger partial charge in [-0.1, -0.05) is 17.7 Å². The molecule has 6 nitrogen and oxygen atoms in total. The van der Waals surface area contributed by atoms with Crippen LogP contribution in [0.15, 0.2) is 24.3 Å². The third-order valence-corrected chi connectivity index (χ3v) is 3.91. The zero-order valence-electron chi connectivity index (χ0n) is 13.7. The average Bonchev–Trinajstić information content (AvgIpc) is 2.52. The van der Waals surface area contributed by atoms with Crippen LogP contribution in [-0.4, -0.2) is 54.8 Å². The number of benzene rings is 1. The summed E-state index contributed by atoms with van der Waals surface area (Å²) in [5.74, 6) is 0.199. The lowest BCUT2D eigenvalue weighted by atomic mass is 10.2. The SMILES string of the molecule is CSCCC(NC=O)C(=O)N(C)CC(=O)Nc1ccc(C)cc1. The summed E-state index contributed by atoms with van der Waals surface area (Å²) in [4.78, 5) is 36.2. The van der Waals surface area contributed by atoms with Gasteiger partial charge in [-0.05, 0) is 37.5 Å². The van der Waals surface area contributed by atoms with Crippen LogP contribution in [0.3, 0.4) is 0 Å². The van der Waals surface area contributed by atoms with Gasteiger partial charge < -0.3 is 15.5 Å². The van der Waals surface area contributed by atoms with E-state index in [0.29, 0.717) is 18.5 Å². The maximum absolute atomic E-state index is 12.3. The maximum Gasteiger partial charge on any atom is 0.245 e. The first kappa shape index (κ1) is 19.0. The molecule has 3 amide bonds. The zero-order chi connectivity index (χ0) is 17.2. The van der Waals surface area contributed by atoms with Crippen LogP contribution in [-0.2, 0) is 14.4 Å². The van der Waals surface area contributed by atoms with E-state index in [1.807, 2.05) is 37.4 Å². The summed E-state index contributed by atoms with van der Waals surface area (Å²) in [5, 5.41) is 5.25. The molecule has 23 heavy (non-hydrogen) atoms. The van der Waals surface area contributed by atoms with Crippen LogP contribution in [0.4, 0.5) is 5.69 Å². The first-order valence-electron chi connectivity index (χ1n) is 7.28. The smallest absolute Gasteiger partial charge is 0.245 e. The van der Waals surface area contributed by atoms with Crippen LogP contribution in [0.1, 0.15) is 12.0 Å². The molecule has 0 bridgehead atoms. The molecule has 1 aromatic rings. The molecular formula is C16H23N3O3S. The molecule has 0 aliphatic carbocycles. The Morgan fingerprint density at radius 2 is 1.96 bits per heavy atom. The van der Waals surface area contributed by atoms with Crippen molar-refractivity contribution in [3.63, 3.8) is 0 Å². The van der Waals surface area contributed by atoms with Crippen molar-refractivity contribution in [3.8, 4) is 0 Å². The van der Waals surface area contributed by atoms with Crippen LogP contribution in [0.5, 0.6) is 0 Å². The number of likely N-dealkylation sites (N-methyl/N-ethyl adjacent to an activating group) is 1. The van der Waals surface area contributed by atoms with Crippen molar-refractivity contribution < 1.29 is 14.4 Å². The third kappa shape index (κ3) is 6.73. The van der Waals surface area contributed by atoms with Crippen molar-refractivity contribution in [2.45, 2.75) is 19.4 Å². The average molecular weight is 337 g/mol. The molecule has 2 N–H and O–H groups in total. The highest BCUT2D eigenvalue weighted by atomic mass is 32.2. The monoisotopic (exact) mass is 337 g/mol. The number of carbonyl (C=O) groups excluding carboxylic acids is 3. The number of thioether (sulfide) groups is 1. The molecule has 0 aromatic heterocycles. The second-order valence-corrected chi connectivity index (χ2v) is 6.21. The minimum absolute atomic E-state index is 0.0665. The fourth-order valence-corrected chi connectivity index (χ4v) is 2.46. The van der Waals surface area contributed by atoms with Gasteiger partial charge in [0.15, 0.2) is 0 Å². The Morgan fingerprint density at radius 3 is 2.52 bits per heavy atom. The molecule has 0 aliphatic rings. The van der Waals surface area contributed by atoms with Crippen LogP contribution in [0.25, 0.3) is 0 Å². The minimum Gasteiger partial charge on any atom is -0.347 e. The Hall–Kier alpha value is -2.02. The van der Waals surface area contributed by atoms with Crippen molar-refractivity contribution in [1.29, 1.82) is 0 Å².